The van der Waals surface area contributed by atoms with Gasteiger partial charge in [0.1, 0.15) is 0 Å². The molecule has 0 aromatic carbocycles. The van der Waals surface area contributed by atoms with Crippen LogP contribution in [0.25, 0.3) is 0 Å². The number of unbranched alkanes of at least 4 members (excludes halogenated alkanes) is 1. The predicted octanol–water partition coefficient (Wildman–Crippen LogP) is 1.74. The fourth-order valence-corrected chi connectivity index (χ4v) is 4.73. The molecule has 2 rings (SSSR count). The molecule has 1 atom stereocenters. The van der Waals surface area contributed by atoms with Crippen molar-refractivity contribution in [2.24, 2.45) is 0 Å². The van der Waals surface area contributed by atoms with Gasteiger partial charge in [0.25, 0.3) is 0 Å². The summed E-state index contributed by atoms with van der Waals surface area (Å²) in [6.45, 7) is 6.07. The Labute approximate surface area is 129 Å². The van der Waals surface area contributed by atoms with E-state index in [0.29, 0.717) is 6.61 Å². The average Bonchev–Trinajstić information content (AvgIpc) is 2.47. The van der Waals surface area contributed by atoms with Gasteiger partial charge in [-0.25, -0.2) is 13.1 Å². The smallest absolute Gasteiger partial charge is 0.214 e. The molecule has 6 heteroatoms. The largest absolute Gasteiger partial charge is 0.377 e. The lowest BCUT2D eigenvalue weighted by molar-refractivity contribution is 0.0303. The molecule has 2 heterocycles. The molecule has 0 spiro atoms. The molecule has 124 valence electrons. The fraction of sp³-hybridized carbons (Fsp3) is 1.00. The second kappa shape index (κ2) is 8.46. The van der Waals surface area contributed by atoms with Gasteiger partial charge in [-0.05, 0) is 58.2 Å². The van der Waals surface area contributed by atoms with E-state index in [1.807, 2.05) is 0 Å². The van der Waals surface area contributed by atoms with E-state index >= 15 is 0 Å². The summed E-state index contributed by atoms with van der Waals surface area (Å²) in [6, 6.07) is 0.108. The number of hydrogen-bond donors (Lipinski definition) is 1. The third-order valence-corrected chi connectivity index (χ3v) is 5.94. The van der Waals surface area contributed by atoms with E-state index in [9.17, 15) is 8.42 Å². The maximum Gasteiger partial charge on any atom is 0.214 e. The lowest BCUT2D eigenvalue weighted by atomic mass is 10.1. The highest BCUT2D eigenvalue weighted by Crippen LogP contribution is 2.16. The van der Waals surface area contributed by atoms with Crippen LogP contribution in [0.15, 0.2) is 0 Å². The number of sulfonamides is 1. The zero-order valence-electron chi connectivity index (χ0n) is 13.2. The molecular weight excluding hydrogens is 288 g/mol. The third-order valence-electron chi connectivity index (χ3n) is 4.44. The van der Waals surface area contributed by atoms with Crippen LogP contribution in [-0.2, 0) is 14.8 Å². The second-order valence-electron chi connectivity index (χ2n) is 6.36. The van der Waals surface area contributed by atoms with Crippen molar-refractivity contribution < 1.29 is 13.2 Å². The quantitative estimate of drug-likeness (QED) is 0.777. The molecule has 2 aliphatic heterocycles. The maximum absolute atomic E-state index is 12.2. The molecule has 0 bridgehead atoms. The van der Waals surface area contributed by atoms with Gasteiger partial charge in [0.15, 0.2) is 0 Å². The summed E-state index contributed by atoms with van der Waals surface area (Å²) in [4.78, 5) is 2.44. The molecule has 0 aliphatic carbocycles. The van der Waals surface area contributed by atoms with Crippen molar-refractivity contribution >= 4 is 10.0 Å². The van der Waals surface area contributed by atoms with Gasteiger partial charge in [-0.3, -0.25) is 0 Å². The van der Waals surface area contributed by atoms with Crippen molar-refractivity contribution in [1.29, 1.82) is 0 Å². The van der Waals surface area contributed by atoms with Gasteiger partial charge in [0, 0.05) is 12.6 Å². The Morgan fingerprint density at radius 2 is 1.95 bits per heavy atom. The van der Waals surface area contributed by atoms with Gasteiger partial charge in [0.2, 0.25) is 10.0 Å². The summed E-state index contributed by atoms with van der Waals surface area (Å²) in [7, 11) is -3.21. The highest BCUT2D eigenvalue weighted by Gasteiger charge is 2.26. The summed E-state index contributed by atoms with van der Waals surface area (Å²) in [5.74, 6) is 0.128. The first-order valence-electron chi connectivity index (χ1n) is 8.43. The van der Waals surface area contributed by atoms with Crippen LogP contribution in [0.4, 0.5) is 0 Å². The summed E-state index contributed by atoms with van der Waals surface area (Å²) < 4.78 is 32.9. The van der Waals surface area contributed by atoms with E-state index in [4.69, 9.17) is 4.74 Å². The van der Waals surface area contributed by atoms with Crippen LogP contribution in [0.2, 0.25) is 0 Å². The number of nitrogens with one attached hydrogen (secondary N) is 1. The Balaban J connectivity index is 1.71. The van der Waals surface area contributed by atoms with Crippen molar-refractivity contribution in [3.05, 3.63) is 0 Å². The lowest BCUT2D eigenvalue weighted by Gasteiger charge is -2.32. The molecular formula is C15H30N2O3S. The molecule has 0 radical (unpaired) electrons. The normalized spacial score (nSPS) is 26.0. The van der Waals surface area contributed by atoms with Crippen LogP contribution in [-0.4, -0.2) is 57.5 Å². The molecule has 0 aromatic rings. The number of hydrogen-bond acceptors (Lipinski definition) is 4. The van der Waals surface area contributed by atoms with Gasteiger partial charge < -0.3 is 9.64 Å². The van der Waals surface area contributed by atoms with Crippen molar-refractivity contribution in [3.8, 4) is 0 Å². The zero-order valence-corrected chi connectivity index (χ0v) is 14.0. The Morgan fingerprint density at radius 3 is 2.57 bits per heavy atom. The first-order valence-corrected chi connectivity index (χ1v) is 10.1. The molecule has 2 aliphatic rings. The standard InChI is InChI=1S/C15H30N2O3S/c1-2-3-9-17-10-7-14(8-11-17)16-21(18,19)13-15-6-4-5-12-20-15/h14-16H,2-13H2,1H3/t15-/m1/s1. The number of piperidine rings is 1. The minimum atomic E-state index is -3.21. The second-order valence-corrected chi connectivity index (χ2v) is 8.16. The molecule has 0 aromatic heterocycles. The predicted molar refractivity (Wildman–Crippen MR) is 84.9 cm³/mol. The van der Waals surface area contributed by atoms with Gasteiger partial charge in [-0.15, -0.1) is 0 Å². The molecule has 2 fully saturated rings. The number of nitrogens with zero attached hydrogens (tertiary/aromatic N) is 1. The van der Waals surface area contributed by atoms with Crippen molar-refractivity contribution in [2.75, 3.05) is 32.0 Å². The van der Waals surface area contributed by atoms with E-state index in [0.717, 1.165) is 51.7 Å². The molecule has 5 nitrogen and oxygen atoms in total. The Kier molecular flexibility index (Phi) is 6.92. The van der Waals surface area contributed by atoms with Crippen LogP contribution >= 0.6 is 0 Å². The number of ether oxygens (including phenoxy) is 1. The average molecular weight is 318 g/mol. The van der Waals surface area contributed by atoms with Crippen molar-refractivity contribution in [3.63, 3.8) is 0 Å². The van der Waals surface area contributed by atoms with Crippen LogP contribution in [0, 0.1) is 0 Å². The summed E-state index contributed by atoms with van der Waals surface area (Å²) in [5.41, 5.74) is 0. The van der Waals surface area contributed by atoms with Crippen molar-refractivity contribution in [1.82, 2.24) is 9.62 Å². The minimum absolute atomic E-state index is 0.108. The topological polar surface area (TPSA) is 58.6 Å². The molecule has 2 saturated heterocycles. The Bertz CT molecular complexity index is 386. The SMILES string of the molecule is CCCCN1CCC(NS(=O)(=O)C[C@H]2CCCCO2)CC1. The van der Waals surface area contributed by atoms with Crippen LogP contribution in [0.1, 0.15) is 51.9 Å². The molecule has 0 saturated carbocycles. The molecule has 0 amide bonds. The number of rotatable bonds is 7. The highest BCUT2D eigenvalue weighted by molar-refractivity contribution is 7.89. The van der Waals surface area contributed by atoms with Crippen LogP contribution in [0.3, 0.4) is 0 Å². The first-order chi connectivity index (χ1) is 10.1. The van der Waals surface area contributed by atoms with E-state index in [-0.39, 0.29) is 17.9 Å². The molecule has 0 unspecified atom stereocenters. The summed E-state index contributed by atoms with van der Waals surface area (Å²) in [6.07, 6.45) is 7.19. The Hall–Kier alpha value is -0.170. The van der Waals surface area contributed by atoms with Gasteiger partial charge in [-0.1, -0.05) is 13.3 Å². The molecule has 21 heavy (non-hydrogen) atoms. The van der Waals surface area contributed by atoms with Crippen molar-refractivity contribution in [2.45, 2.75) is 64.0 Å². The highest BCUT2D eigenvalue weighted by atomic mass is 32.2. The Morgan fingerprint density at radius 1 is 1.19 bits per heavy atom. The summed E-state index contributed by atoms with van der Waals surface area (Å²) in [5, 5.41) is 0. The minimum Gasteiger partial charge on any atom is -0.377 e. The third kappa shape index (κ3) is 6.22. The lowest BCUT2D eigenvalue weighted by Crippen LogP contribution is -2.46. The van der Waals surface area contributed by atoms with E-state index in [1.54, 1.807) is 0 Å². The van der Waals surface area contributed by atoms with E-state index in [2.05, 4.69) is 16.5 Å². The van der Waals surface area contributed by atoms with Crippen LogP contribution in [0.5, 0.6) is 0 Å². The van der Waals surface area contributed by atoms with E-state index < -0.39 is 10.0 Å². The van der Waals surface area contributed by atoms with Gasteiger partial charge in [-0.2, -0.15) is 0 Å². The fourth-order valence-electron chi connectivity index (χ4n) is 3.14. The zero-order chi connectivity index (χ0) is 15.1. The van der Waals surface area contributed by atoms with Gasteiger partial charge >= 0.3 is 0 Å². The van der Waals surface area contributed by atoms with Gasteiger partial charge in [0.05, 0.1) is 11.9 Å². The van der Waals surface area contributed by atoms with E-state index in [1.165, 1.54) is 12.8 Å². The maximum atomic E-state index is 12.2. The number of likely N-dealkylation sites (tertiary alicyclic amines) is 1. The summed E-state index contributed by atoms with van der Waals surface area (Å²) >= 11 is 0. The molecule has 1 N–H and O–H groups in total. The first kappa shape index (κ1) is 17.2. The van der Waals surface area contributed by atoms with Crippen LogP contribution < -0.4 is 4.72 Å². The monoisotopic (exact) mass is 318 g/mol.